The number of nitrogens with one attached hydrogen (secondary N) is 1. The molecule has 0 saturated heterocycles. The van der Waals surface area contributed by atoms with E-state index < -0.39 is 0 Å². The number of nitrogens with zero attached hydrogens (tertiary/aromatic N) is 3. The molecule has 0 saturated carbocycles. The van der Waals surface area contributed by atoms with Crippen molar-refractivity contribution >= 4 is 0 Å². The number of aromatic amines is 1. The first-order valence-electron chi connectivity index (χ1n) is 5.35. The zero-order valence-corrected chi connectivity index (χ0v) is 9.62. The minimum Gasteiger partial charge on any atom is -0.496 e. The van der Waals surface area contributed by atoms with Crippen molar-refractivity contribution < 1.29 is 9.26 Å². The van der Waals surface area contributed by atoms with Crippen LogP contribution in [0.15, 0.2) is 41.1 Å². The molecule has 6 heteroatoms. The van der Waals surface area contributed by atoms with Crippen LogP contribution in [0.25, 0.3) is 23.0 Å². The molecule has 2 heterocycles. The first-order valence-corrected chi connectivity index (χ1v) is 5.35. The van der Waals surface area contributed by atoms with E-state index >= 15 is 0 Å². The lowest BCUT2D eigenvalue weighted by molar-refractivity contribution is 0.413. The summed E-state index contributed by atoms with van der Waals surface area (Å²) in [5.41, 5.74) is 1.47. The molecule has 0 bridgehead atoms. The number of para-hydroxylation sites is 1. The third-order valence-electron chi connectivity index (χ3n) is 2.51. The van der Waals surface area contributed by atoms with Gasteiger partial charge in [-0.15, -0.1) is 0 Å². The Morgan fingerprint density at radius 3 is 2.89 bits per heavy atom. The van der Waals surface area contributed by atoms with Crippen molar-refractivity contribution in [2.24, 2.45) is 0 Å². The number of aromatic nitrogens is 4. The molecule has 6 nitrogen and oxygen atoms in total. The Kier molecular flexibility index (Phi) is 2.53. The summed E-state index contributed by atoms with van der Waals surface area (Å²) in [6, 6.07) is 9.27. The van der Waals surface area contributed by atoms with E-state index in [1.54, 1.807) is 19.4 Å². The van der Waals surface area contributed by atoms with Crippen LogP contribution < -0.4 is 4.74 Å². The van der Waals surface area contributed by atoms with E-state index in [0.717, 1.165) is 5.56 Å². The number of rotatable bonds is 3. The van der Waals surface area contributed by atoms with Gasteiger partial charge in [-0.05, 0) is 18.2 Å². The van der Waals surface area contributed by atoms with Crippen LogP contribution in [0.3, 0.4) is 0 Å². The van der Waals surface area contributed by atoms with Crippen molar-refractivity contribution in [2.45, 2.75) is 0 Å². The highest BCUT2D eigenvalue weighted by atomic mass is 16.5. The molecule has 3 rings (SSSR count). The van der Waals surface area contributed by atoms with Gasteiger partial charge in [-0.25, -0.2) is 0 Å². The van der Waals surface area contributed by atoms with Gasteiger partial charge in [0, 0.05) is 6.20 Å². The van der Waals surface area contributed by atoms with Gasteiger partial charge >= 0.3 is 0 Å². The van der Waals surface area contributed by atoms with Gasteiger partial charge in [0.05, 0.1) is 12.7 Å². The fourth-order valence-electron chi connectivity index (χ4n) is 1.65. The van der Waals surface area contributed by atoms with Gasteiger partial charge in [0.25, 0.3) is 5.89 Å². The molecule has 0 radical (unpaired) electrons. The largest absolute Gasteiger partial charge is 0.496 e. The van der Waals surface area contributed by atoms with Crippen LogP contribution in [0.2, 0.25) is 0 Å². The van der Waals surface area contributed by atoms with Gasteiger partial charge in [-0.3, -0.25) is 5.10 Å². The van der Waals surface area contributed by atoms with E-state index in [-0.39, 0.29) is 0 Å². The molecule has 0 fully saturated rings. The summed E-state index contributed by atoms with van der Waals surface area (Å²) in [5.74, 6) is 1.58. The van der Waals surface area contributed by atoms with Gasteiger partial charge in [-0.2, -0.15) is 10.1 Å². The monoisotopic (exact) mass is 242 g/mol. The third-order valence-corrected chi connectivity index (χ3v) is 2.51. The molecule has 18 heavy (non-hydrogen) atoms. The summed E-state index contributed by atoms with van der Waals surface area (Å²) in [7, 11) is 1.61. The highest BCUT2D eigenvalue weighted by molar-refractivity contribution is 5.65. The second-order valence-electron chi connectivity index (χ2n) is 3.59. The predicted octanol–water partition coefficient (Wildman–Crippen LogP) is 2.14. The van der Waals surface area contributed by atoms with E-state index in [1.807, 2.05) is 24.3 Å². The number of H-pyrrole nitrogens is 1. The number of ether oxygens (including phenoxy) is 1. The first-order chi connectivity index (χ1) is 8.88. The van der Waals surface area contributed by atoms with Crippen LogP contribution in [0, 0.1) is 0 Å². The molecule has 3 aromatic rings. The van der Waals surface area contributed by atoms with E-state index in [4.69, 9.17) is 9.26 Å². The lowest BCUT2D eigenvalue weighted by Crippen LogP contribution is -1.88. The molecular weight excluding hydrogens is 232 g/mol. The standard InChI is InChI=1S/C12H10N4O2/c1-17-10-5-3-2-4-8(10)11-14-12(18-16-11)9-6-7-13-15-9/h2-7H,1H3,(H,13,15). The third kappa shape index (κ3) is 1.73. The maximum absolute atomic E-state index is 5.26. The molecular formula is C12H10N4O2. The Bertz CT molecular complexity index is 646. The molecule has 90 valence electrons. The molecule has 0 amide bonds. The molecule has 0 unspecified atom stereocenters. The van der Waals surface area contributed by atoms with E-state index in [1.165, 1.54) is 0 Å². The highest BCUT2D eigenvalue weighted by Gasteiger charge is 2.14. The normalized spacial score (nSPS) is 10.5. The lowest BCUT2D eigenvalue weighted by atomic mass is 10.2. The maximum atomic E-state index is 5.26. The molecule has 0 aliphatic rings. The number of methoxy groups -OCH3 is 1. The van der Waals surface area contributed by atoms with Crippen molar-refractivity contribution in [2.75, 3.05) is 7.11 Å². The van der Waals surface area contributed by atoms with Crippen molar-refractivity contribution in [3.63, 3.8) is 0 Å². The van der Waals surface area contributed by atoms with Crippen LogP contribution >= 0.6 is 0 Å². The second kappa shape index (κ2) is 4.33. The summed E-state index contributed by atoms with van der Waals surface area (Å²) in [5, 5.41) is 10.5. The Balaban J connectivity index is 2.03. The average Bonchev–Trinajstić information content (AvgIpc) is 3.09. The van der Waals surface area contributed by atoms with Crippen LogP contribution in [0.5, 0.6) is 5.75 Å². The summed E-state index contributed by atoms with van der Waals surface area (Å²) in [4.78, 5) is 4.30. The van der Waals surface area contributed by atoms with Crippen LogP contribution in [-0.4, -0.2) is 27.4 Å². The minimum atomic E-state index is 0.397. The van der Waals surface area contributed by atoms with Gasteiger partial charge in [-0.1, -0.05) is 17.3 Å². The Labute approximate surface area is 103 Å². The lowest BCUT2D eigenvalue weighted by Gasteiger charge is -2.02. The summed E-state index contributed by atoms with van der Waals surface area (Å²) >= 11 is 0. The van der Waals surface area contributed by atoms with Gasteiger partial charge in [0.2, 0.25) is 5.82 Å². The average molecular weight is 242 g/mol. The highest BCUT2D eigenvalue weighted by Crippen LogP contribution is 2.28. The fourth-order valence-corrected chi connectivity index (χ4v) is 1.65. The van der Waals surface area contributed by atoms with Gasteiger partial charge in [0.1, 0.15) is 11.4 Å². The molecule has 0 spiro atoms. The number of benzene rings is 1. The van der Waals surface area contributed by atoms with Crippen molar-refractivity contribution in [3.8, 4) is 28.7 Å². The van der Waals surface area contributed by atoms with Crippen molar-refractivity contribution in [3.05, 3.63) is 36.5 Å². The molecule has 2 aromatic heterocycles. The topological polar surface area (TPSA) is 76.8 Å². The first kappa shape index (κ1) is 10.5. The molecule has 0 atom stereocenters. The van der Waals surface area contributed by atoms with Gasteiger partial charge in [0.15, 0.2) is 0 Å². The predicted molar refractivity (Wildman–Crippen MR) is 63.9 cm³/mol. The molecule has 1 aromatic carbocycles. The zero-order valence-electron chi connectivity index (χ0n) is 9.62. The summed E-state index contributed by atoms with van der Waals surface area (Å²) in [6.07, 6.45) is 1.63. The van der Waals surface area contributed by atoms with Gasteiger partial charge < -0.3 is 9.26 Å². The fraction of sp³-hybridized carbons (Fsp3) is 0.0833. The summed E-state index contributed by atoms with van der Waals surface area (Å²) < 4.78 is 10.4. The maximum Gasteiger partial charge on any atom is 0.276 e. The Hall–Kier alpha value is -2.63. The zero-order chi connectivity index (χ0) is 12.4. The second-order valence-corrected chi connectivity index (χ2v) is 3.59. The van der Waals surface area contributed by atoms with Crippen molar-refractivity contribution in [1.29, 1.82) is 0 Å². The summed E-state index contributed by atoms with van der Waals surface area (Å²) in [6.45, 7) is 0. The Morgan fingerprint density at radius 2 is 2.11 bits per heavy atom. The van der Waals surface area contributed by atoms with E-state index in [2.05, 4.69) is 20.3 Å². The molecule has 0 aliphatic carbocycles. The molecule has 1 N–H and O–H groups in total. The molecule has 0 aliphatic heterocycles. The van der Waals surface area contributed by atoms with Crippen LogP contribution in [0.1, 0.15) is 0 Å². The number of hydrogen-bond donors (Lipinski definition) is 1. The number of hydrogen-bond acceptors (Lipinski definition) is 5. The van der Waals surface area contributed by atoms with E-state index in [9.17, 15) is 0 Å². The van der Waals surface area contributed by atoms with Crippen molar-refractivity contribution in [1.82, 2.24) is 20.3 Å². The quantitative estimate of drug-likeness (QED) is 0.761. The minimum absolute atomic E-state index is 0.397. The van der Waals surface area contributed by atoms with E-state index in [0.29, 0.717) is 23.2 Å². The van der Waals surface area contributed by atoms with Crippen LogP contribution in [0.4, 0.5) is 0 Å². The SMILES string of the molecule is COc1ccccc1-c1noc(-c2ccn[nH]2)n1. The van der Waals surface area contributed by atoms with Crippen LogP contribution in [-0.2, 0) is 0 Å². The Morgan fingerprint density at radius 1 is 1.22 bits per heavy atom. The smallest absolute Gasteiger partial charge is 0.276 e.